The van der Waals surface area contributed by atoms with E-state index < -0.39 is 7.14 Å². The highest BCUT2D eigenvalue weighted by molar-refractivity contribution is 7.80. The Balaban J connectivity index is 2.52. The van der Waals surface area contributed by atoms with Gasteiger partial charge in [0.2, 0.25) is 0 Å². The van der Waals surface area contributed by atoms with Crippen LogP contribution in [0.25, 0.3) is 0 Å². The van der Waals surface area contributed by atoms with Gasteiger partial charge in [0.15, 0.2) is 5.11 Å². The zero-order valence-electron chi connectivity index (χ0n) is 6.91. The molecule has 0 spiro atoms. The minimum Gasteiger partial charge on any atom is -0.375 e. The van der Waals surface area contributed by atoms with E-state index in [-0.39, 0.29) is 5.11 Å². The molecule has 0 saturated carbocycles. The maximum atomic E-state index is 11.5. The number of thiocarbonyl (C=S) groups is 1. The zero-order valence-corrected chi connectivity index (χ0v) is 8.62. The van der Waals surface area contributed by atoms with Crippen LogP contribution in [0.15, 0.2) is 5.10 Å². The topological polar surface area (TPSA) is 67.5 Å². The van der Waals surface area contributed by atoms with Crippen LogP contribution in [0.3, 0.4) is 0 Å². The molecule has 0 bridgehead atoms. The van der Waals surface area contributed by atoms with E-state index in [2.05, 4.69) is 22.7 Å². The summed E-state index contributed by atoms with van der Waals surface area (Å²) in [6.45, 7) is 1.80. The lowest BCUT2D eigenvalue weighted by Gasteiger charge is -1.99. The summed E-state index contributed by atoms with van der Waals surface area (Å²) in [5.74, 6) is 0. The Kier molecular flexibility index (Phi) is 2.85. The van der Waals surface area contributed by atoms with Crippen molar-refractivity contribution in [2.75, 3.05) is 19.0 Å². The third-order valence-electron chi connectivity index (χ3n) is 1.71. The summed E-state index contributed by atoms with van der Waals surface area (Å²) < 4.78 is 11.5. The fraction of sp³-hybridized carbons (Fsp3) is 0.667. The first-order valence-electron chi connectivity index (χ1n) is 3.66. The third-order valence-corrected chi connectivity index (χ3v) is 4.01. The van der Waals surface area contributed by atoms with Gasteiger partial charge in [-0.1, -0.05) is 0 Å². The van der Waals surface area contributed by atoms with Crippen molar-refractivity contribution in [2.24, 2.45) is 10.8 Å². The minimum atomic E-state index is -1.91. The minimum absolute atomic E-state index is 0.153. The summed E-state index contributed by atoms with van der Waals surface area (Å²) in [4.78, 5) is 0. The molecule has 1 heterocycles. The van der Waals surface area contributed by atoms with Gasteiger partial charge < -0.3 is 10.3 Å². The predicted molar refractivity (Wildman–Crippen MR) is 55.2 cm³/mol. The Morgan fingerprint density at radius 2 is 2.50 bits per heavy atom. The van der Waals surface area contributed by atoms with Crippen molar-refractivity contribution in [1.29, 1.82) is 0 Å². The van der Waals surface area contributed by atoms with Crippen molar-refractivity contribution in [1.82, 2.24) is 5.43 Å². The molecule has 1 atom stereocenters. The van der Waals surface area contributed by atoms with Crippen LogP contribution in [0.5, 0.6) is 0 Å². The molecular weight excluding hydrogens is 193 g/mol. The highest BCUT2D eigenvalue weighted by Crippen LogP contribution is 2.46. The molecule has 1 aliphatic rings. The Bertz CT molecular complexity index is 276. The number of nitrogens with zero attached hydrogens (tertiary/aromatic N) is 1. The number of rotatable bonds is 1. The van der Waals surface area contributed by atoms with E-state index in [1.807, 2.05) is 0 Å². The maximum absolute atomic E-state index is 11.5. The van der Waals surface area contributed by atoms with Crippen molar-refractivity contribution in [3.63, 3.8) is 0 Å². The largest absolute Gasteiger partial charge is 0.375 e. The van der Waals surface area contributed by atoms with Crippen molar-refractivity contribution in [2.45, 2.75) is 6.42 Å². The Morgan fingerprint density at radius 1 is 1.83 bits per heavy atom. The van der Waals surface area contributed by atoms with Gasteiger partial charge in [0.1, 0.15) is 0 Å². The molecule has 1 aliphatic heterocycles. The normalized spacial score (nSPS) is 32.2. The monoisotopic (exact) mass is 205 g/mol. The molecule has 4 nitrogen and oxygen atoms in total. The lowest BCUT2D eigenvalue weighted by atomic mass is 10.3. The molecule has 3 N–H and O–H groups in total. The predicted octanol–water partition coefficient (Wildman–Crippen LogP) is 0.572. The molecule has 0 aromatic carbocycles. The Hall–Kier alpha value is -0.410. The van der Waals surface area contributed by atoms with Crippen LogP contribution in [-0.4, -0.2) is 29.8 Å². The Labute approximate surface area is 77.0 Å². The molecule has 12 heavy (non-hydrogen) atoms. The van der Waals surface area contributed by atoms with E-state index in [0.717, 1.165) is 18.3 Å². The molecule has 68 valence electrons. The standard InChI is InChI=1S/C6H12N3OPS/c1-11(10)3-2-5(4-11)8-9-6(7)12/h2-4H2,1H3,(H3,7,9,12)/b8-5+. The second-order valence-corrected chi connectivity index (χ2v) is 6.88. The number of hydrogen-bond donors (Lipinski definition) is 2. The quantitative estimate of drug-likeness (QED) is 0.373. The fourth-order valence-electron chi connectivity index (χ4n) is 1.14. The van der Waals surface area contributed by atoms with Gasteiger partial charge in [-0.15, -0.1) is 0 Å². The number of hydrazone groups is 1. The van der Waals surface area contributed by atoms with Crippen LogP contribution in [0.4, 0.5) is 0 Å². The Morgan fingerprint density at radius 3 is 2.92 bits per heavy atom. The first-order chi connectivity index (χ1) is 5.49. The number of nitrogens with two attached hydrogens (primary N) is 1. The highest BCUT2D eigenvalue weighted by Gasteiger charge is 2.26. The van der Waals surface area contributed by atoms with Crippen LogP contribution in [0.1, 0.15) is 6.42 Å². The van der Waals surface area contributed by atoms with Gasteiger partial charge in [-0.3, -0.25) is 5.43 Å². The molecule has 1 saturated heterocycles. The molecule has 0 aromatic rings. The van der Waals surface area contributed by atoms with Gasteiger partial charge in [-0.05, 0) is 25.3 Å². The van der Waals surface area contributed by atoms with Gasteiger partial charge in [0.25, 0.3) is 0 Å². The lowest BCUT2D eigenvalue weighted by Crippen LogP contribution is -2.25. The van der Waals surface area contributed by atoms with E-state index in [1.165, 1.54) is 0 Å². The molecule has 0 aliphatic carbocycles. The number of nitrogens with one attached hydrogen (secondary N) is 1. The highest BCUT2D eigenvalue weighted by atomic mass is 32.1. The first-order valence-corrected chi connectivity index (χ1v) is 6.59. The molecule has 1 fully saturated rings. The summed E-state index contributed by atoms with van der Waals surface area (Å²) in [6, 6.07) is 0. The lowest BCUT2D eigenvalue weighted by molar-refractivity contribution is 0.583. The van der Waals surface area contributed by atoms with Crippen LogP contribution >= 0.6 is 19.4 Å². The SMILES string of the molecule is CP1(=O)CC/C(=N\NC(N)=S)C1. The van der Waals surface area contributed by atoms with Crippen molar-refractivity contribution in [3.8, 4) is 0 Å². The molecule has 0 aromatic heterocycles. The van der Waals surface area contributed by atoms with Crippen molar-refractivity contribution < 1.29 is 4.57 Å². The molecular formula is C6H12N3OPS. The average molecular weight is 205 g/mol. The van der Waals surface area contributed by atoms with E-state index in [1.54, 1.807) is 6.66 Å². The van der Waals surface area contributed by atoms with Crippen molar-refractivity contribution >= 4 is 30.2 Å². The molecule has 1 rings (SSSR count). The molecule has 6 heteroatoms. The van der Waals surface area contributed by atoms with Crippen molar-refractivity contribution in [3.05, 3.63) is 0 Å². The van der Waals surface area contributed by atoms with Gasteiger partial charge in [-0.25, -0.2) is 0 Å². The maximum Gasteiger partial charge on any atom is 0.184 e. The molecule has 0 amide bonds. The summed E-state index contributed by atoms with van der Waals surface area (Å²) in [5.41, 5.74) is 8.59. The van der Waals surface area contributed by atoms with E-state index in [4.69, 9.17) is 5.73 Å². The summed E-state index contributed by atoms with van der Waals surface area (Å²) in [5, 5.41) is 4.10. The van der Waals surface area contributed by atoms with E-state index in [9.17, 15) is 4.57 Å². The third kappa shape index (κ3) is 2.91. The van der Waals surface area contributed by atoms with E-state index in [0.29, 0.717) is 6.16 Å². The number of hydrogen-bond acceptors (Lipinski definition) is 3. The smallest absolute Gasteiger partial charge is 0.184 e. The molecule has 1 unspecified atom stereocenters. The summed E-state index contributed by atoms with van der Waals surface area (Å²) >= 11 is 4.58. The van der Waals surface area contributed by atoms with Crippen LogP contribution in [0.2, 0.25) is 0 Å². The summed E-state index contributed by atoms with van der Waals surface area (Å²) in [7, 11) is -1.91. The second kappa shape index (κ2) is 3.54. The van der Waals surface area contributed by atoms with E-state index >= 15 is 0 Å². The average Bonchev–Trinajstić information content (AvgIpc) is 2.26. The molecule has 0 radical (unpaired) electrons. The van der Waals surface area contributed by atoms with Crippen LogP contribution in [-0.2, 0) is 4.57 Å². The van der Waals surface area contributed by atoms with Gasteiger partial charge in [0.05, 0.1) is 7.14 Å². The van der Waals surface area contributed by atoms with Crippen LogP contribution < -0.4 is 11.2 Å². The zero-order chi connectivity index (χ0) is 9.19. The fourth-order valence-corrected chi connectivity index (χ4v) is 3.07. The van der Waals surface area contributed by atoms with Crippen LogP contribution in [0, 0.1) is 0 Å². The second-order valence-electron chi connectivity index (χ2n) is 3.08. The van der Waals surface area contributed by atoms with Gasteiger partial charge >= 0.3 is 0 Å². The van der Waals surface area contributed by atoms with Gasteiger partial charge in [-0.2, -0.15) is 5.10 Å². The van der Waals surface area contributed by atoms with Gasteiger partial charge in [0, 0.05) is 18.0 Å². The summed E-state index contributed by atoms with van der Waals surface area (Å²) in [6.07, 6.45) is 2.15. The first kappa shape index (κ1) is 9.68.